The molecule has 0 aliphatic carbocycles. The van der Waals surface area contributed by atoms with Gasteiger partial charge >= 0.3 is 0 Å². The fourth-order valence-electron chi connectivity index (χ4n) is 6.59. The minimum atomic E-state index is -1.10. The van der Waals surface area contributed by atoms with Crippen LogP contribution in [0.25, 0.3) is 61.2 Å². The molecule has 0 aliphatic heterocycles. The number of furan rings is 1. The van der Waals surface area contributed by atoms with Crippen LogP contribution in [0.3, 0.4) is 0 Å². The van der Waals surface area contributed by atoms with Crippen LogP contribution in [0.1, 0.15) is 27.2 Å². The molecule has 0 radical (unpaired) electrons. The fraction of sp³-hybridized carbons (Fsp3) is 0.0784. The minimum absolute atomic E-state index is 0.854. The first-order chi connectivity index (χ1) is 27.7. The number of allylic oxidation sites excluding steroid dienone is 3. The molecule has 0 saturated heterocycles. The van der Waals surface area contributed by atoms with Crippen LogP contribution in [0.5, 0.6) is 5.75 Å². The van der Waals surface area contributed by atoms with Gasteiger partial charge in [-0.05, 0) is 84.3 Å². The van der Waals surface area contributed by atoms with Crippen LogP contribution in [0.15, 0.2) is 205 Å². The molecule has 1 unspecified atom stereocenters. The average molecular weight is 749 g/mol. The van der Waals surface area contributed by atoms with E-state index in [4.69, 9.17) is 13.9 Å². The largest absolute Gasteiger partial charge is 0.464 e. The predicted octanol–water partition coefficient (Wildman–Crippen LogP) is 13.9. The van der Waals surface area contributed by atoms with Gasteiger partial charge in [-0.1, -0.05) is 155 Å². The molecule has 2 aromatic heterocycles. The van der Waals surface area contributed by atoms with E-state index in [1.54, 1.807) is 6.08 Å². The van der Waals surface area contributed by atoms with Gasteiger partial charge in [0, 0.05) is 32.6 Å². The number of hydrogen-bond acceptors (Lipinski definition) is 3. The SMILES string of the molecule is C=C/C=C\CC.CC.c1ccc(OP(c2ccccc2)c2ccc3oc4ccc(-c5ccc6c(c5)nc(-c5ccccc5)n6-c5ccccc5)cc4c3c2)cc1. The van der Waals surface area contributed by atoms with Crippen LogP contribution in [0.4, 0.5) is 0 Å². The van der Waals surface area contributed by atoms with Gasteiger partial charge in [-0.2, -0.15) is 0 Å². The number of imidazole rings is 1. The molecule has 9 rings (SSSR count). The molecule has 4 nitrogen and oxygen atoms in total. The van der Waals surface area contributed by atoms with Crippen molar-refractivity contribution < 1.29 is 8.94 Å². The molecule has 2 heterocycles. The number of aromatic nitrogens is 2. The standard InChI is InChI=1S/C43H29N2O2P.C6H10.C2H6/c1-5-13-30(14-6-1)43-44-39-28-32(21-24-40(39)45(43)33-15-7-2-8-16-33)31-22-25-41-37(27-31)38-29-36(23-26-42(38)46-41)48(35-19-11-4-12-20-35)47-34-17-9-3-10-18-34;1-3-5-6-4-2;1-2/h1-29H;3,5-6H,1,4H2,2H3;1-2H3/b;6-5-;. The molecule has 0 fully saturated rings. The molecule has 5 heteroatoms. The van der Waals surface area contributed by atoms with E-state index in [0.29, 0.717) is 0 Å². The van der Waals surface area contributed by atoms with Crippen LogP contribution >= 0.6 is 8.15 Å². The van der Waals surface area contributed by atoms with E-state index < -0.39 is 8.15 Å². The van der Waals surface area contributed by atoms with Crippen molar-refractivity contribution in [2.24, 2.45) is 0 Å². The van der Waals surface area contributed by atoms with Gasteiger partial charge in [0.2, 0.25) is 0 Å². The summed E-state index contributed by atoms with van der Waals surface area (Å²) in [5, 5.41) is 4.43. The van der Waals surface area contributed by atoms with Crippen LogP contribution in [0.2, 0.25) is 0 Å². The molecule has 0 amide bonds. The molecular formula is C51H45N2O2P. The van der Waals surface area contributed by atoms with Gasteiger partial charge in [0.05, 0.1) is 11.0 Å². The number of para-hydroxylation sites is 2. The van der Waals surface area contributed by atoms with E-state index in [9.17, 15) is 0 Å². The van der Waals surface area contributed by atoms with Crippen molar-refractivity contribution in [3.05, 3.63) is 201 Å². The minimum Gasteiger partial charge on any atom is -0.464 e. The highest BCUT2D eigenvalue weighted by Crippen LogP contribution is 2.40. The lowest BCUT2D eigenvalue weighted by Gasteiger charge is -2.19. The van der Waals surface area contributed by atoms with Crippen molar-refractivity contribution >= 4 is 51.7 Å². The Labute approximate surface area is 330 Å². The molecule has 0 N–H and O–H groups in total. The quantitative estimate of drug-likeness (QED) is 0.109. The Balaban J connectivity index is 0.000000552. The summed E-state index contributed by atoms with van der Waals surface area (Å²) in [6.45, 7) is 9.61. The summed E-state index contributed by atoms with van der Waals surface area (Å²) in [7, 11) is -1.10. The molecule has 56 heavy (non-hydrogen) atoms. The molecule has 9 aromatic rings. The highest BCUT2D eigenvalue weighted by atomic mass is 31.1. The normalized spacial score (nSPS) is 11.5. The van der Waals surface area contributed by atoms with E-state index in [-0.39, 0.29) is 0 Å². The summed E-state index contributed by atoms with van der Waals surface area (Å²) in [6, 6.07) is 60.8. The topological polar surface area (TPSA) is 40.2 Å². The van der Waals surface area contributed by atoms with Crippen molar-refractivity contribution in [1.29, 1.82) is 0 Å². The van der Waals surface area contributed by atoms with Gasteiger partial charge in [0.15, 0.2) is 8.15 Å². The highest BCUT2D eigenvalue weighted by Gasteiger charge is 2.20. The number of hydrogen-bond donors (Lipinski definition) is 0. The molecule has 0 aliphatic rings. The lowest BCUT2D eigenvalue weighted by atomic mass is 10.0. The highest BCUT2D eigenvalue weighted by molar-refractivity contribution is 7.68. The smallest absolute Gasteiger partial charge is 0.150 e. The van der Waals surface area contributed by atoms with Crippen molar-refractivity contribution in [3.63, 3.8) is 0 Å². The van der Waals surface area contributed by atoms with Gasteiger partial charge in [-0.3, -0.25) is 4.57 Å². The Morgan fingerprint density at radius 1 is 0.625 bits per heavy atom. The Morgan fingerprint density at radius 3 is 1.88 bits per heavy atom. The maximum atomic E-state index is 6.66. The number of benzene rings is 7. The molecule has 0 saturated carbocycles. The van der Waals surface area contributed by atoms with Crippen molar-refractivity contribution in [1.82, 2.24) is 9.55 Å². The van der Waals surface area contributed by atoms with Gasteiger partial charge in [0.25, 0.3) is 0 Å². The molecule has 1 atom stereocenters. The third-order valence-electron chi connectivity index (χ3n) is 9.16. The van der Waals surface area contributed by atoms with E-state index in [1.165, 1.54) is 0 Å². The van der Waals surface area contributed by atoms with Crippen LogP contribution in [0, 0.1) is 0 Å². The lowest BCUT2D eigenvalue weighted by molar-refractivity contribution is 0.630. The molecular weight excluding hydrogens is 704 g/mol. The van der Waals surface area contributed by atoms with E-state index >= 15 is 0 Å². The average Bonchev–Trinajstić information content (AvgIpc) is 3.85. The summed E-state index contributed by atoms with van der Waals surface area (Å²) in [5.41, 5.74) is 8.11. The zero-order valence-corrected chi connectivity index (χ0v) is 32.9. The second-order valence-electron chi connectivity index (χ2n) is 12.8. The Hall–Kier alpha value is -6.48. The maximum absolute atomic E-state index is 6.66. The summed E-state index contributed by atoms with van der Waals surface area (Å²) < 4.78 is 15.2. The summed E-state index contributed by atoms with van der Waals surface area (Å²) in [6.07, 6.45) is 6.89. The number of fused-ring (bicyclic) bond motifs is 4. The maximum Gasteiger partial charge on any atom is 0.150 e. The third-order valence-corrected chi connectivity index (χ3v) is 11.1. The van der Waals surface area contributed by atoms with Crippen LogP contribution < -0.4 is 15.1 Å². The molecule has 0 bridgehead atoms. The summed E-state index contributed by atoms with van der Waals surface area (Å²) in [5.74, 6) is 1.78. The van der Waals surface area contributed by atoms with Crippen molar-refractivity contribution in [2.45, 2.75) is 27.2 Å². The van der Waals surface area contributed by atoms with E-state index in [1.807, 2.05) is 68.5 Å². The van der Waals surface area contributed by atoms with Gasteiger partial charge in [-0.15, -0.1) is 0 Å². The van der Waals surface area contributed by atoms with E-state index in [2.05, 4.69) is 152 Å². The zero-order chi connectivity index (χ0) is 38.7. The van der Waals surface area contributed by atoms with Crippen molar-refractivity contribution in [3.8, 4) is 34.0 Å². The van der Waals surface area contributed by atoms with Gasteiger partial charge in [-0.25, -0.2) is 4.98 Å². The fourth-order valence-corrected chi connectivity index (χ4v) is 8.33. The van der Waals surface area contributed by atoms with E-state index in [0.717, 1.165) is 84.0 Å². The molecule has 7 aromatic carbocycles. The predicted molar refractivity (Wildman–Crippen MR) is 240 cm³/mol. The first-order valence-corrected chi connectivity index (χ1v) is 20.4. The monoisotopic (exact) mass is 748 g/mol. The van der Waals surface area contributed by atoms with Gasteiger partial charge < -0.3 is 8.94 Å². The Morgan fingerprint density at radius 2 is 1.21 bits per heavy atom. The zero-order valence-electron chi connectivity index (χ0n) is 32.0. The van der Waals surface area contributed by atoms with Crippen molar-refractivity contribution in [2.75, 3.05) is 0 Å². The number of rotatable bonds is 9. The third kappa shape index (κ3) is 8.27. The summed E-state index contributed by atoms with van der Waals surface area (Å²) >= 11 is 0. The Kier molecular flexibility index (Phi) is 12.3. The second kappa shape index (κ2) is 18.2. The second-order valence-corrected chi connectivity index (χ2v) is 14.6. The molecule has 0 spiro atoms. The molecule has 276 valence electrons. The van der Waals surface area contributed by atoms with Crippen LogP contribution in [-0.4, -0.2) is 9.55 Å². The lowest BCUT2D eigenvalue weighted by Crippen LogP contribution is -2.15. The first-order valence-electron chi connectivity index (χ1n) is 19.2. The van der Waals surface area contributed by atoms with Gasteiger partial charge in [0.1, 0.15) is 22.7 Å². The number of nitrogens with zero attached hydrogens (tertiary/aromatic N) is 2. The first kappa shape index (κ1) is 37.8. The van der Waals surface area contributed by atoms with Crippen LogP contribution in [-0.2, 0) is 0 Å². The summed E-state index contributed by atoms with van der Waals surface area (Å²) in [4.78, 5) is 5.17. The Bertz CT molecular complexity index is 2680.